The van der Waals surface area contributed by atoms with E-state index in [0.29, 0.717) is 50.3 Å². The lowest BCUT2D eigenvalue weighted by atomic mass is 9.92. The molecule has 7 heteroatoms. The van der Waals surface area contributed by atoms with Gasteiger partial charge in [-0.25, -0.2) is 0 Å². The molecule has 2 heterocycles. The molecule has 2 bridgehead atoms. The lowest BCUT2D eigenvalue weighted by Crippen LogP contribution is -2.41. The van der Waals surface area contributed by atoms with E-state index < -0.39 is 0 Å². The molecule has 1 saturated heterocycles. The van der Waals surface area contributed by atoms with Crippen LogP contribution < -0.4 is 10.1 Å². The van der Waals surface area contributed by atoms with Crippen molar-refractivity contribution in [3.05, 3.63) is 41.5 Å². The van der Waals surface area contributed by atoms with Gasteiger partial charge in [0.05, 0.1) is 19.3 Å². The second-order valence-corrected chi connectivity index (χ2v) is 12.7. The van der Waals surface area contributed by atoms with Crippen molar-refractivity contribution in [2.45, 2.75) is 90.3 Å². The highest BCUT2D eigenvalue weighted by Gasteiger charge is 2.37. The van der Waals surface area contributed by atoms with Crippen LogP contribution in [0, 0.1) is 17.8 Å². The predicted molar refractivity (Wildman–Crippen MR) is 157 cm³/mol. The number of benzene rings is 1. The molecule has 220 valence electrons. The molecule has 4 atom stereocenters. The third kappa shape index (κ3) is 7.88. The minimum atomic E-state index is 0.0782. The van der Waals surface area contributed by atoms with Gasteiger partial charge in [-0.2, -0.15) is 0 Å². The summed E-state index contributed by atoms with van der Waals surface area (Å²) < 4.78 is 12.2. The number of amides is 2. The van der Waals surface area contributed by atoms with Gasteiger partial charge in [-0.15, -0.1) is 0 Å². The molecule has 4 unspecified atom stereocenters. The van der Waals surface area contributed by atoms with Crippen molar-refractivity contribution in [3.63, 3.8) is 0 Å². The van der Waals surface area contributed by atoms with E-state index in [1.54, 1.807) is 0 Å². The maximum atomic E-state index is 13.6. The SMILES string of the molecule is CC(C)N1CC(=O)NCCCCCOc2ccc(CCC(=O)N(CC3CCCO3)CC3CC4C=CC3C4)cc2C1. The Balaban J connectivity index is 1.26. The molecule has 7 nitrogen and oxygen atoms in total. The summed E-state index contributed by atoms with van der Waals surface area (Å²) in [7, 11) is 0. The molecule has 1 aromatic rings. The number of rotatable bonds is 8. The Kier molecular flexibility index (Phi) is 10.2. The van der Waals surface area contributed by atoms with E-state index in [1.807, 2.05) is 0 Å². The molecule has 0 radical (unpaired) electrons. The van der Waals surface area contributed by atoms with Gasteiger partial charge in [-0.05, 0) is 94.6 Å². The van der Waals surface area contributed by atoms with Crippen molar-refractivity contribution in [2.75, 3.05) is 39.4 Å². The Morgan fingerprint density at radius 3 is 2.73 bits per heavy atom. The molecule has 2 fully saturated rings. The first kappa shape index (κ1) is 29.1. The number of fused-ring (bicyclic) bond motifs is 3. The van der Waals surface area contributed by atoms with Crippen LogP contribution in [0.1, 0.15) is 76.3 Å². The zero-order chi connectivity index (χ0) is 27.9. The molecule has 5 rings (SSSR count). The van der Waals surface area contributed by atoms with Crippen LogP contribution in [0.2, 0.25) is 0 Å². The van der Waals surface area contributed by atoms with Crippen LogP contribution in [0.15, 0.2) is 30.4 Å². The summed E-state index contributed by atoms with van der Waals surface area (Å²) in [5, 5.41) is 3.07. The van der Waals surface area contributed by atoms with Crippen LogP contribution in [0.4, 0.5) is 0 Å². The Bertz CT molecular complexity index is 1030. The Morgan fingerprint density at radius 2 is 1.98 bits per heavy atom. The average Bonchev–Trinajstić information content (AvgIpc) is 3.70. The highest BCUT2D eigenvalue weighted by atomic mass is 16.5. The first-order valence-corrected chi connectivity index (χ1v) is 15.8. The summed E-state index contributed by atoms with van der Waals surface area (Å²) in [5.41, 5.74) is 2.24. The van der Waals surface area contributed by atoms with E-state index in [9.17, 15) is 9.59 Å². The third-order valence-electron chi connectivity index (χ3n) is 9.28. The second-order valence-electron chi connectivity index (χ2n) is 12.7. The van der Waals surface area contributed by atoms with E-state index in [-0.39, 0.29) is 24.0 Å². The fraction of sp³-hybridized carbons (Fsp3) is 0.697. The minimum absolute atomic E-state index is 0.0782. The molecule has 40 heavy (non-hydrogen) atoms. The molecule has 2 amide bonds. The van der Waals surface area contributed by atoms with E-state index in [0.717, 1.165) is 75.2 Å². The number of aryl methyl sites for hydroxylation is 1. The molecule has 1 N–H and O–H groups in total. The summed E-state index contributed by atoms with van der Waals surface area (Å²) >= 11 is 0. The van der Waals surface area contributed by atoms with Crippen molar-refractivity contribution in [1.82, 2.24) is 15.1 Å². The summed E-state index contributed by atoms with van der Waals surface area (Å²) in [6.45, 7) is 9.06. The van der Waals surface area contributed by atoms with E-state index in [4.69, 9.17) is 9.47 Å². The average molecular weight is 552 g/mol. The molecule has 0 spiro atoms. The standard InChI is InChI=1S/C33H49N3O4/c1-24(2)35-21-29-17-25(9-12-31(29)40-15-5-3-4-14-34-32(37)23-35)10-13-33(38)36(22-30-7-6-16-39-30)20-28-19-26-8-11-27(28)18-26/h8-9,11-12,17,24,26-28,30H,3-7,10,13-16,18-23H2,1-2H3,(H,34,37). The number of nitrogens with zero attached hydrogens (tertiary/aromatic N) is 2. The smallest absolute Gasteiger partial charge is 0.234 e. The normalized spacial score (nSPS) is 27.4. The number of nitrogens with one attached hydrogen (secondary N) is 1. The minimum Gasteiger partial charge on any atom is -0.493 e. The van der Waals surface area contributed by atoms with Gasteiger partial charge in [-0.3, -0.25) is 14.5 Å². The molecular weight excluding hydrogens is 502 g/mol. The molecule has 0 aromatic heterocycles. The van der Waals surface area contributed by atoms with Gasteiger partial charge in [0, 0.05) is 50.8 Å². The van der Waals surface area contributed by atoms with Gasteiger partial charge in [0.1, 0.15) is 5.75 Å². The monoisotopic (exact) mass is 551 g/mol. The number of carbonyl (C=O) groups is 2. The summed E-state index contributed by atoms with van der Waals surface area (Å²) in [4.78, 5) is 30.5. The van der Waals surface area contributed by atoms with Crippen molar-refractivity contribution >= 4 is 11.8 Å². The van der Waals surface area contributed by atoms with Crippen LogP contribution in [0.3, 0.4) is 0 Å². The van der Waals surface area contributed by atoms with Crippen molar-refractivity contribution < 1.29 is 19.1 Å². The zero-order valence-electron chi connectivity index (χ0n) is 24.6. The zero-order valence-corrected chi connectivity index (χ0v) is 24.6. The van der Waals surface area contributed by atoms with Crippen molar-refractivity contribution in [2.24, 2.45) is 17.8 Å². The molecule has 1 aromatic carbocycles. The fourth-order valence-electron chi connectivity index (χ4n) is 6.86. The summed E-state index contributed by atoms with van der Waals surface area (Å²) in [5.74, 6) is 3.14. The van der Waals surface area contributed by atoms with Gasteiger partial charge in [0.15, 0.2) is 0 Å². The molecule has 4 aliphatic rings. The summed E-state index contributed by atoms with van der Waals surface area (Å²) in [6.07, 6.45) is 13.7. The van der Waals surface area contributed by atoms with Crippen LogP contribution in [-0.2, 0) is 27.3 Å². The predicted octanol–water partition coefficient (Wildman–Crippen LogP) is 4.73. The Labute approximate surface area is 240 Å². The lowest BCUT2D eigenvalue weighted by Gasteiger charge is -2.30. The van der Waals surface area contributed by atoms with Crippen molar-refractivity contribution in [1.29, 1.82) is 0 Å². The number of hydrogen-bond donors (Lipinski definition) is 1. The van der Waals surface area contributed by atoms with Gasteiger partial charge in [0.25, 0.3) is 0 Å². The fourth-order valence-corrected chi connectivity index (χ4v) is 6.86. The molecule has 2 aliphatic carbocycles. The topological polar surface area (TPSA) is 71.1 Å². The first-order chi connectivity index (χ1) is 19.4. The van der Waals surface area contributed by atoms with Gasteiger partial charge in [0.2, 0.25) is 11.8 Å². The highest BCUT2D eigenvalue weighted by molar-refractivity contribution is 5.78. The number of hydrogen-bond acceptors (Lipinski definition) is 5. The summed E-state index contributed by atoms with van der Waals surface area (Å²) in [6, 6.07) is 6.60. The maximum Gasteiger partial charge on any atom is 0.234 e. The van der Waals surface area contributed by atoms with Gasteiger partial charge < -0.3 is 19.7 Å². The third-order valence-corrected chi connectivity index (χ3v) is 9.28. The number of ether oxygens (including phenoxy) is 2. The Morgan fingerprint density at radius 1 is 1.07 bits per heavy atom. The molecular formula is C33H49N3O4. The second kappa shape index (κ2) is 14.0. The van der Waals surface area contributed by atoms with Crippen LogP contribution in [-0.4, -0.2) is 73.2 Å². The van der Waals surface area contributed by atoms with Crippen LogP contribution in [0.25, 0.3) is 0 Å². The van der Waals surface area contributed by atoms with E-state index in [1.165, 1.54) is 12.8 Å². The maximum absolute atomic E-state index is 13.6. The van der Waals surface area contributed by atoms with Gasteiger partial charge in [-0.1, -0.05) is 24.3 Å². The van der Waals surface area contributed by atoms with E-state index >= 15 is 0 Å². The van der Waals surface area contributed by atoms with Crippen molar-refractivity contribution in [3.8, 4) is 5.75 Å². The molecule has 1 saturated carbocycles. The van der Waals surface area contributed by atoms with Crippen LogP contribution >= 0.6 is 0 Å². The first-order valence-electron chi connectivity index (χ1n) is 15.8. The lowest BCUT2D eigenvalue weighted by molar-refractivity contribution is -0.133. The highest BCUT2D eigenvalue weighted by Crippen LogP contribution is 2.43. The quantitative estimate of drug-likeness (QED) is 0.473. The van der Waals surface area contributed by atoms with Gasteiger partial charge >= 0.3 is 0 Å². The molecule has 2 aliphatic heterocycles. The van der Waals surface area contributed by atoms with E-state index in [2.05, 4.69) is 59.3 Å². The largest absolute Gasteiger partial charge is 0.493 e. The Hall–Kier alpha value is -2.38. The van der Waals surface area contributed by atoms with Crippen LogP contribution in [0.5, 0.6) is 5.75 Å². The number of carbonyl (C=O) groups excluding carboxylic acids is 2. The number of allylic oxidation sites excluding steroid dienone is 2.